The molecule has 2 aromatic rings. The highest BCUT2D eigenvalue weighted by Gasteiger charge is 2.30. The van der Waals surface area contributed by atoms with Gasteiger partial charge in [0.15, 0.2) is 17.3 Å². The molecule has 0 fully saturated rings. The average molecular weight is 327 g/mol. The molecule has 3 rings (SSSR count). The van der Waals surface area contributed by atoms with Crippen LogP contribution < -0.4 is 9.47 Å². The zero-order valence-electron chi connectivity index (χ0n) is 12.5. The third kappa shape index (κ3) is 2.72. The van der Waals surface area contributed by atoms with E-state index in [0.717, 1.165) is 0 Å². The second-order valence-corrected chi connectivity index (χ2v) is 5.14. The highest BCUT2D eigenvalue weighted by molar-refractivity contribution is 6.09. The number of ketones is 1. The second-order valence-electron chi connectivity index (χ2n) is 5.14. The minimum Gasteiger partial charge on any atom is -0.454 e. The van der Waals surface area contributed by atoms with Crippen LogP contribution in [0.3, 0.4) is 0 Å². The molecule has 0 aliphatic carbocycles. The molecule has 7 nitrogen and oxygen atoms in total. The van der Waals surface area contributed by atoms with E-state index in [-0.39, 0.29) is 35.1 Å². The van der Waals surface area contributed by atoms with E-state index in [0.29, 0.717) is 5.56 Å². The molecular weight excluding hydrogens is 314 g/mol. The lowest BCUT2D eigenvalue weighted by atomic mass is 9.94. The Hall–Kier alpha value is -3.19. The Morgan fingerprint density at radius 3 is 2.46 bits per heavy atom. The monoisotopic (exact) mass is 327 g/mol. The number of carbonyl (C=O) groups is 1. The summed E-state index contributed by atoms with van der Waals surface area (Å²) in [6, 6.07) is 10.7. The predicted octanol–water partition coefficient (Wildman–Crippen LogP) is 2.80. The van der Waals surface area contributed by atoms with E-state index in [4.69, 9.17) is 9.47 Å². The van der Waals surface area contributed by atoms with Crippen LogP contribution in [0.15, 0.2) is 54.6 Å². The normalized spacial score (nSPS) is 13.4. The van der Waals surface area contributed by atoms with Crippen molar-refractivity contribution in [2.24, 2.45) is 0 Å². The van der Waals surface area contributed by atoms with Gasteiger partial charge in [0.05, 0.1) is 16.6 Å². The van der Waals surface area contributed by atoms with E-state index in [1.54, 1.807) is 30.3 Å². The molecule has 1 unspecified atom stereocenters. The molecule has 0 saturated heterocycles. The Bertz CT molecular complexity index is 830. The van der Waals surface area contributed by atoms with Gasteiger partial charge in [0.1, 0.15) is 6.10 Å². The summed E-state index contributed by atoms with van der Waals surface area (Å²) in [5, 5.41) is 21.7. The van der Waals surface area contributed by atoms with Gasteiger partial charge < -0.3 is 14.6 Å². The van der Waals surface area contributed by atoms with Gasteiger partial charge in [-0.05, 0) is 6.07 Å². The van der Waals surface area contributed by atoms with Crippen molar-refractivity contribution in [3.63, 3.8) is 0 Å². The van der Waals surface area contributed by atoms with Crippen molar-refractivity contribution >= 4 is 11.5 Å². The first-order valence-electron chi connectivity index (χ1n) is 7.03. The summed E-state index contributed by atoms with van der Waals surface area (Å²) in [5.74, 6) is 0.00215. The molecule has 0 aromatic heterocycles. The molecule has 24 heavy (non-hydrogen) atoms. The molecule has 1 heterocycles. The molecule has 7 heteroatoms. The highest BCUT2D eigenvalue weighted by atomic mass is 16.7. The topological polar surface area (TPSA) is 98.9 Å². The van der Waals surface area contributed by atoms with Crippen LogP contribution in [0, 0.1) is 10.1 Å². The third-order valence-corrected chi connectivity index (χ3v) is 3.67. The number of carbonyl (C=O) groups excluding carboxylic acids is 1. The number of Topliss-reactive ketones (excluding diaryl/α,β-unsaturated/α-hetero) is 1. The van der Waals surface area contributed by atoms with Crippen LogP contribution in [0.1, 0.15) is 22.0 Å². The Morgan fingerprint density at radius 2 is 1.83 bits per heavy atom. The zero-order chi connectivity index (χ0) is 17.3. The lowest BCUT2D eigenvalue weighted by Gasteiger charge is -2.14. The lowest BCUT2D eigenvalue weighted by Crippen LogP contribution is -2.12. The van der Waals surface area contributed by atoms with E-state index >= 15 is 0 Å². The number of rotatable bonds is 5. The van der Waals surface area contributed by atoms with Gasteiger partial charge in [0.2, 0.25) is 6.79 Å². The van der Waals surface area contributed by atoms with Crippen LogP contribution in [0.4, 0.5) is 5.69 Å². The summed E-state index contributed by atoms with van der Waals surface area (Å²) >= 11 is 0. The first-order valence-corrected chi connectivity index (χ1v) is 7.03. The molecule has 122 valence electrons. The maximum absolute atomic E-state index is 12.4. The van der Waals surface area contributed by atoms with Gasteiger partial charge in [0, 0.05) is 11.1 Å². The van der Waals surface area contributed by atoms with Crippen molar-refractivity contribution in [1.82, 2.24) is 0 Å². The van der Waals surface area contributed by atoms with Gasteiger partial charge in [-0.3, -0.25) is 14.9 Å². The number of nitro groups is 1. The Morgan fingerprint density at radius 1 is 1.21 bits per heavy atom. The quantitative estimate of drug-likeness (QED) is 0.392. The Labute approximate surface area is 136 Å². The molecule has 1 aliphatic heterocycles. The summed E-state index contributed by atoms with van der Waals surface area (Å²) in [4.78, 5) is 23.0. The minimum atomic E-state index is -1.53. The van der Waals surface area contributed by atoms with Gasteiger partial charge in [-0.2, -0.15) is 0 Å². The molecule has 1 atom stereocenters. The van der Waals surface area contributed by atoms with Gasteiger partial charge >= 0.3 is 0 Å². The van der Waals surface area contributed by atoms with Gasteiger partial charge in [-0.15, -0.1) is 0 Å². The van der Waals surface area contributed by atoms with E-state index in [1.807, 2.05) is 0 Å². The number of fused-ring (bicyclic) bond motifs is 1. The first-order chi connectivity index (χ1) is 11.5. The van der Waals surface area contributed by atoms with Crippen molar-refractivity contribution in [3.8, 4) is 11.5 Å². The first kappa shape index (κ1) is 15.7. The third-order valence-electron chi connectivity index (χ3n) is 3.67. The van der Waals surface area contributed by atoms with Crippen LogP contribution in [0.2, 0.25) is 0 Å². The molecule has 1 aliphatic rings. The van der Waals surface area contributed by atoms with Crippen molar-refractivity contribution in [2.75, 3.05) is 6.79 Å². The molecule has 0 radical (unpaired) electrons. The summed E-state index contributed by atoms with van der Waals surface area (Å²) in [6.07, 6.45) is -1.53. The van der Waals surface area contributed by atoms with Crippen LogP contribution >= 0.6 is 0 Å². The zero-order valence-corrected chi connectivity index (χ0v) is 12.5. The van der Waals surface area contributed by atoms with E-state index in [9.17, 15) is 20.0 Å². The fourth-order valence-corrected chi connectivity index (χ4v) is 2.41. The summed E-state index contributed by atoms with van der Waals surface area (Å²) < 4.78 is 10.3. The number of aliphatic hydroxyl groups excluding tert-OH is 1. The number of nitro benzene ring substituents is 1. The van der Waals surface area contributed by atoms with Gasteiger partial charge in [0.25, 0.3) is 5.69 Å². The van der Waals surface area contributed by atoms with E-state index in [1.165, 1.54) is 12.1 Å². The van der Waals surface area contributed by atoms with Gasteiger partial charge in [-0.25, -0.2) is 0 Å². The molecular formula is C17H13NO6. The number of benzene rings is 2. The van der Waals surface area contributed by atoms with Crippen LogP contribution in [0.25, 0.3) is 0 Å². The highest BCUT2D eigenvalue weighted by Crippen LogP contribution is 2.41. The van der Waals surface area contributed by atoms with Crippen LogP contribution in [0.5, 0.6) is 11.5 Å². The van der Waals surface area contributed by atoms with Gasteiger partial charge in [-0.1, -0.05) is 36.9 Å². The number of nitrogens with zero attached hydrogens (tertiary/aromatic N) is 1. The SMILES string of the molecule is C=C(C(=O)c1ccccc1)C(O)c1cc2c(cc1[N+](=O)[O-])OCO2. The fraction of sp³-hybridized carbons (Fsp3) is 0.118. The van der Waals surface area contributed by atoms with Crippen LogP contribution in [-0.4, -0.2) is 22.6 Å². The Kier molecular flexibility index (Phi) is 4.01. The second kappa shape index (κ2) is 6.13. The number of hydrogen-bond acceptors (Lipinski definition) is 6. The minimum absolute atomic E-state index is 0.0596. The maximum atomic E-state index is 12.4. The van der Waals surface area contributed by atoms with Crippen molar-refractivity contribution in [2.45, 2.75) is 6.10 Å². The molecule has 0 spiro atoms. The fourth-order valence-electron chi connectivity index (χ4n) is 2.41. The molecule has 0 saturated carbocycles. The largest absolute Gasteiger partial charge is 0.454 e. The number of aliphatic hydroxyl groups is 1. The van der Waals surface area contributed by atoms with Crippen molar-refractivity contribution in [3.05, 3.63) is 75.9 Å². The summed E-state index contributed by atoms with van der Waals surface area (Å²) in [5.41, 5.74) is -0.264. The Balaban J connectivity index is 1.97. The lowest BCUT2D eigenvalue weighted by molar-refractivity contribution is -0.386. The molecule has 0 amide bonds. The predicted molar refractivity (Wildman–Crippen MR) is 84.1 cm³/mol. The number of ether oxygens (including phenoxy) is 2. The molecule has 0 bridgehead atoms. The molecule has 2 aromatic carbocycles. The summed E-state index contributed by atoms with van der Waals surface area (Å²) in [6.45, 7) is 3.55. The van der Waals surface area contributed by atoms with E-state index < -0.39 is 16.8 Å². The number of hydrogen-bond donors (Lipinski definition) is 1. The van der Waals surface area contributed by atoms with Crippen LogP contribution in [-0.2, 0) is 0 Å². The standard InChI is InChI=1S/C17H13NO6/c1-10(16(19)11-5-3-2-4-6-11)17(20)12-7-14-15(24-9-23-14)8-13(12)18(21)22/h2-8,17,20H,1,9H2. The maximum Gasteiger partial charge on any atom is 0.279 e. The van der Waals surface area contributed by atoms with E-state index in [2.05, 4.69) is 6.58 Å². The van der Waals surface area contributed by atoms with Crippen molar-refractivity contribution in [1.29, 1.82) is 0 Å². The smallest absolute Gasteiger partial charge is 0.279 e. The average Bonchev–Trinajstić information content (AvgIpc) is 3.06. The van der Waals surface area contributed by atoms with Crippen molar-refractivity contribution < 1.29 is 24.3 Å². The molecule has 1 N–H and O–H groups in total. The summed E-state index contributed by atoms with van der Waals surface area (Å²) in [7, 11) is 0.